The Hall–Kier alpha value is -3.17. The molecule has 5 atom stereocenters. The molecule has 0 aromatic rings. The largest absolute Gasteiger partial charge is 0.522 e. The van der Waals surface area contributed by atoms with Crippen molar-refractivity contribution < 1.29 is 55.4 Å². The number of hydrogen-bond donors (Lipinski definition) is 4. The number of aliphatic hydroxyl groups is 1. The van der Waals surface area contributed by atoms with Crippen LogP contribution in [0.3, 0.4) is 0 Å². The van der Waals surface area contributed by atoms with Crippen molar-refractivity contribution in [2.45, 2.75) is 56.7 Å². The summed E-state index contributed by atoms with van der Waals surface area (Å²) < 4.78 is 79.0. The maximum atomic E-state index is 13.3. The van der Waals surface area contributed by atoms with Crippen molar-refractivity contribution in [2.75, 3.05) is 19.7 Å². The Kier molecular flexibility index (Phi) is 8.73. The first-order valence-corrected chi connectivity index (χ1v) is 11.8. The maximum Gasteiger partial charge on any atom is 0.522 e. The number of nitrogens with one attached hydrogen (secondary N) is 3. The molecule has 0 bridgehead atoms. The number of amides is 3. The molecular weight excluding hydrogens is 530 g/mol. The van der Waals surface area contributed by atoms with Gasteiger partial charge in [0.05, 0.1) is 6.04 Å². The van der Waals surface area contributed by atoms with E-state index in [1.807, 2.05) is 0 Å². The summed E-state index contributed by atoms with van der Waals surface area (Å²) in [5, 5.41) is 21.7. The Morgan fingerprint density at radius 3 is 2.45 bits per heavy atom. The summed E-state index contributed by atoms with van der Waals surface area (Å²) in [5.74, 6) is -7.50. The number of carbonyl (C=O) groups is 4. The molecule has 2 saturated heterocycles. The lowest BCUT2D eigenvalue weighted by molar-refractivity contribution is -0.321. The fourth-order valence-corrected chi connectivity index (χ4v) is 5.22. The van der Waals surface area contributed by atoms with E-state index in [9.17, 15) is 45.5 Å². The van der Waals surface area contributed by atoms with Crippen LogP contribution in [0.5, 0.6) is 0 Å². The number of ketones is 1. The number of ether oxygens (including phenoxy) is 1. The highest BCUT2D eigenvalue weighted by atomic mass is 19.4. The summed E-state index contributed by atoms with van der Waals surface area (Å²) in [4.78, 5) is 51.6. The molecule has 3 fully saturated rings. The minimum absolute atomic E-state index is 0.0780. The van der Waals surface area contributed by atoms with E-state index in [1.54, 1.807) is 0 Å². The summed E-state index contributed by atoms with van der Waals surface area (Å²) in [7, 11) is 0. The average Bonchev–Trinajstić information content (AvgIpc) is 3.51. The molecule has 2 heterocycles. The number of aliphatic hydroxyl groups excluding tert-OH is 1. The molecule has 16 heteroatoms. The maximum absolute atomic E-state index is 13.3. The van der Waals surface area contributed by atoms with Crippen molar-refractivity contribution in [3.63, 3.8) is 0 Å². The summed E-state index contributed by atoms with van der Waals surface area (Å²) in [6.45, 7) is -1.24. The fraction of sp³-hybridized carbons (Fsp3) is 0.682. The lowest BCUT2D eigenvalue weighted by atomic mass is 9.92. The van der Waals surface area contributed by atoms with Gasteiger partial charge in [-0.25, -0.2) is 0 Å². The standard InChI is InChI=1S/C22H26F6N4O6/c23-21(24,25)16(34)7-13(29)20(37)32-8-11-2-1-3-12(11)17(32)19(36)31-14(6-10-4-5-30-18(10)35)15(33)9-38-22(26,27)28/h7,10-12,14,17,29,34H,1-6,8-9H2,(H,30,35)(H,31,36)/b16-7-,29-13?/t10-,11-,12-,14-,17-/m0/s1. The van der Waals surface area contributed by atoms with Gasteiger partial charge in [-0.3, -0.25) is 29.3 Å². The number of Topliss-reactive ketones (excluding diaryl/α,β-unsaturated/α-hetero) is 1. The molecular formula is C22H26F6N4O6. The normalized spacial score (nSPS) is 26.6. The van der Waals surface area contributed by atoms with Gasteiger partial charge in [-0.1, -0.05) is 6.42 Å². The van der Waals surface area contributed by atoms with Crippen LogP contribution in [0.1, 0.15) is 32.1 Å². The zero-order valence-electron chi connectivity index (χ0n) is 19.8. The molecule has 2 aliphatic heterocycles. The summed E-state index contributed by atoms with van der Waals surface area (Å²) in [5.41, 5.74) is -1.23. The van der Waals surface area contributed by atoms with Crippen molar-refractivity contribution in [1.82, 2.24) is 15.5 Å². The molecule has 212 valence electrons. The number of halogens is 6. The van der Waals surface area contributed by atoms with E-state index in [-0.39, 0.29) is 37.9 Å². The molecule has 1 saturated carbocycles. The third kappa shape index (κ3) is 7.02. The molecule has 3 amide bonds. The molecule has 10 nitrogen and oxygen atoms in total. The summed E-state index contributed by atoms with van der Waals surface area (Å²) >= 11 is 0. The Morgan fingerprint density at radius 2 is 1.87 bits per heavy atom. The number of nitrogens with zero attached hydrogens (tertiary/aromatic N) is 1. The second kappa shape index (κ2) is 11.3. The molecule has 3 aliphatic rings. The Morgan fingerprint density at radius 1 is 1.18 bits per heavy atom. The molecule has 4 N–H and O–H groups in total. The minimum Gasteiger partial charge on any atom is -0.504 e. The minimum atomic E-state index is -5.20. The SMILES string of the molecule is N=C(/C=C(\O)C(F)(F)F)C(=O)N1C[C@@H]2CCC[C@@H]2[C@H]1C(=O)N[C@@H](C[C@@H]1CCNC1=O)C(=O)COC(F)(F)F. The van der Waals surface area contributed by atoms with Crippen molar-refractivity contribution in [3.8, 4) is 0 Å². The van der Waals surface area contributed by atoms with Crippen LogP contribution in [0.15, 0.2) is 11.8 Å². The molecule has 38 heavy (non-hydrogen) atoms. The lowest BCUT2D eigenvalue weighted by Crippen LogP contribution is -2.54. The predicted octanol–water partition coefficient (Wildman–Crippen LogP) is 1.75. The van der Waals surface area contributed by atoms with Crippen LogP contribution >= 0.6 is 0 Å². The van der Waals surface area contributed by atoms with Gasteiger partial charge in [0.2, 0.25) is 11.8 Å². The van der Waals surface area contributed by atoms with Crippen LogP contribution in [-0.2, 0) is 23.9 Å². The topological polar surface area (TPSA) is 149 Å². The summed E-state index contributed by atoms with van der Waals surface area (Å²) in [6.07, 6.45) is -8.76. The van der Waals surface area contributed by atoms with Gasteiger partial charge in [0.25, 0.3) is 5.91 Å². The number of hydrogen-bond acceptors (Lipinski definition) is 7. The highest BCUT2D eigenvalue weighted by Gasteiger charge is 2.50. The van der Waals surface area contributed by atoms with Crippen molar-refractivity contribution in [2.24, 2.45) is 17.8 Å². The quantitative estimate of drug-likeness (QED) is 0.193. The average molecular weight is 556 g/mol. The molecule has 0 spiro atoms. The lowest BCUT2D eigenvalue weighted by Gasteiger charge is -2.29. The van der Waals surface area contributed by atoms with Gasteiger partial charge in [0.1, 0.15) is 18.4 Å². The summed E-state index contributed by atoms with van der Waals surface area (Å²) in [6, 6.07) is -2.90. The number of alkyl halides is 6. The molecule has 3 rings (SSSR count). The van der Waals surface area contributed by atoms with E-state index in [0.717, 1.165) is 4.90 Å². The molecule has 1 aliphatic carbocycles. The number of carbonyl (C=O) groups excluding carboxylic acids is 4. The van der Waals surface area contributed by atoms with Gasteiger partial charge in [0, 0.05) is 25.1 Å². The van der Waals surface area contributed by atoms with Gasteiger partial charge in [-0.05, 0) is 37.5 Å². The Balaban J connectivity index is 1.81. The van der Waals surface area contributed by atoms with Crippen LogP contribution < -0.4 is 10.6 Å². The molecule has 0 aromatic heterocycles. The van der Waals surface area contributed by atoms with Gasteiger partial charge in [-0.15, -0.1) is 13.2 Å². The highest BCUT2D eigenvalue weighted by molar-refractivity contribution is 6.42. The Labute approximate surface area is 212 Å². The molecule has 0 aromatic carbocycles. The van der Waals surface area contributed by atoms with E-state index in [4.69, 9.17) is 10.5 Å². The monoisotopic (exact) mass is 556 g/mol. The van der Waals surface area contributed by atoms with E-state index in [1.165, 1.54) is 0 Å². The van der Waals surface area contributed by atoms with Gasteiger partial charge in [-0.2, -0.15) is 13.2 Å². The molecule has 0 radical (unpaired) electrons. The van der Waals surface area contributed by atoms with Crippen LogP contribution in [0.4, 0.5) is 26.3 Å². The van der Waals surface area contributed by atoms with Crippen LogP contribution in [-0.4, -0.2) is 83.5 Å². The second-order valence-corrected chi connectivity index (χ2v) is 9.47. The predicted molar refractivity (Wildman–Crippen MR) is 116 cm³/mol. The number of fused-ring (bicyclic) bond motifs is 1. The fourth-order valence-electron chi connectivity index (χ4n) is 5.22. The van der Waals surface area contributed by atoms with E-state index in [2.05, 4.69) is 15.4 Å². The highest BCUT2D eigenvalue weighted by Crippen LogP contribution is 2.42. The zero-order chi connectivity index (χ0) is 28.4. The van der Waals surface area contributed by atoms with Gasteiger partial charge in [0.15, 0.2) is 11.5 Å². The zero-order valence-corrected chi connectivity index (χ0v) is 19.8. The van der Waals surface area contributed by atoms with E-state index in [0.29, 0.717) is 19.3 Å². The van der Waals surface area contributed by atoms with Crippen molar-refractivity contribution in [3.05, 3.63) is 11.8 Å². The smallest absolute Gasteiger partial charge is 0.504 e. The van der Waals surface area contributed by atoms with Gasteiger partial charge >= 0.3 is 12.5 Å². The third-order valence-corrected chi connectivity index (χ3v) is 6.99. The molecule has 0 unspecified atom stereocenters. The van der Waals surface area contributed by atoms with Gasteiger partial charge < -0.3 is 20.6 Å². The first-order valence-electron chi connectivity index (χ1n) is 11.8. The van der Waals surface area contributed by atoms with Crippen LogP contribution in [0.2, 0.25) is 0 Å². The van der Waals surface area contributed by atoms with Crippen molar-refractivity contribution >= 4 is 29.2 Å². The van der Waals surface area contributed by atoms with E-state index < -0.39 is 78.0 Å². The second-order valence-electron chi connectivity index (χ2n) is 9.47. The Bertz CT molecular complexity index is 1010. The number of rotatable bonds is 9. The third-order valence-electron chi connectivity index (χ3n) is 6.99. The van der Waals surface area contributed by atoms with E-state index >= 15 is 0 Å². The number of likely N-dealkylation sites (tertiary alicyclic amines) is 1. The van der Waals surface area contributed by atoms with Crippen LogP contribution in [0.25, 0.3) is 0 Å². The van der Waals surface area contributed by atoms with Crippen molar-refractivity contribution in [1.29, 1.82) is 5.41 Å². The number of allylic oxidation sites excluding steroid dienone is 1. The first-order chi connectivity index (χ1) is 17.6. The van der Waals surface area contributed by atoms with Crippen LogP contribution in [0, 0.1) is 23.2 Å². The first kappa shape index (κ1) is 29.4.